The van der Waals surface area contributed by atoms with Crippen LogP contribution >= 0.6 is 15.9 Å². The third kappa shape index (κ3) is 2.94. The van der Waals surface area contributed by atoms with Gasteiger partial charge in [0.05, 0.1) is 5.56 Å². The zero-order valence-electron chi connectivity index (χ0n) is 9.54. The third-order valence-corrected chi connectivity index (χ3v) is 3.44. The number of aromatic nitrogens is 2. The molecule has 0 aromatic carbocycles. The van der Waals surface area contributed by atoms with Crippen LogP contribution in [0.25, 0.3) is 0 Å². The van der Waals surface area contributed by atoms with Gasteiger partial charge in [-0.05, 0) is 28.8 Å². The maximum Gasteiger partial charge on any atom is 0.141 e. The van der Waals surface area contributed by atoms with E-state index in [9.17, 15) is 0 Å². The number of hydrogen-bond donors (Lipinski definition) is 3. The van der Waals surface area contributed by atoms with E-state index in [1.807, 2.05) is 0 Å². The summed E-state index contributed by atoms with van der Waals surface area (Å²) >= 11 is 3.13. The summed E-state index contributed by atoms with van der Waals surface area (Å²) in [6.07, 6.45) is 7.54. The molecule has 5 nitrogen and oxygen atoms in total. The molecule has 1 aliphatic rings. The number of nitrogen functional groups attached to an aromatic ring is 1. The lowest BCUT2D eigenvalue weighted by Gasteiger charge is -2.24. The Hall–Kier alpha value is -1.17. The standard InChI is InChI=1S/C11H16BrN5/c12-9(13)8-10(14)15-6-16-11(8)17-7-4-2-1-3-5-7/h6-7,13H,1-5H2,(H3,14,15,16,17). The molecular weight excluding hydrogens is 282 g/mol. The van der Waals surface area contributed by atoms with Crippen LogP contribution in [0.4, 0.5) is 11.6 Å². The minimum Gasteiger partial charge on any atom is -0.383 e. The molecule has 1 aromatic heterocycles. The Labute approximate surface area is 109 Å². The molecule has 6 heteroatoms. The van der Waals surface area contributed by atoms with E-state index in [-0.39, 0.29) is 4.62 Å². The number of hydrogen-bond acceptors (Lipinski definition) is 5. The highest BCUT2D eigenvalue weighted by Crippen LogP contribution is 2.25. The third-order valence-electron chi connectivity index (χ3n) is 3.04. The van der Waals surface area contributed by atoms with Crippen molar-refractivity contribution in [1.82, 2.24) is 9.97 Å². The molecule has 1 saturated carbocycles. The lowest BCUT2D eigenvalue weighted by atomic mass is 9.95. The van der Waals surface area contributed by atoms with Crippen LogP contribution in [0.15, 0.2) is 6.33 Å². The lowest BCUT2D eigenvalue weighted by molar-refractivity contribution is 0.462. The van der Waals surface area contributed by atoms with Crippen molar-refractivity contribution in [3.63, 3.8) is 0 Å². The van der Waals surface area contributed by atoms with Gasteiger partial charge in [0.15, 0.2) is 0 Å². The van der Waals surface area contributed by atoms with Crippen molar-refractivity contribution in [3.8, 4) is 0 Å². The van der Waals surface area contributed by atoms with Crippen LogP contribution in [0.5, 0.6) is 0 Å². The van der Waals surface area contributed by atoms with Gasteiger partial charge in [0.2, 0.25) is 0 Å². The van der Waals surface area contributed by atoms with Gasteiger partial charge in [-0.2, -0.15) is 0 Å². The molecule has 0 atom stereocenters. The van der Waals surface area contributed by atoms with Gasteiger partial charge in [0.25, 0.3) is 0 Å². The van der Waals surface area contributed by atoms with Crippen molar-refractivity contribution >= 4 is 32.2 Å². The molecule has 92 valence electrons. The van der Waals surface area contributed by atoms with Crippen molar-refractivity contribution in [2.45, 2.75) is 38.1 Å². The summed E-state index contributed by atoms with van der Waals surface area (Å²) in [4.78, 5) is 8.09. The molecule has 0 unspecified atom stereocenters. The molecule has 1 fully saturated rings. The fraction of sp³-hybridized carbons (Fsp3) is 0.545. The molecule has 0 radical (unpaired) electrons. The lowest BCUT2D eigenvalue weighted by Crippen LogP contribution is -2.24. The van der Waals surface area contributed by atoms with Crippen molar-refractivity contribution in [1.29, 1.82) is 5.41 Å². The van der Waals surface area contributed by atoms with Crippen LogP contribution in [0, 0.1) is 5.41 Å². The van der Waals surface area contributed by atoms with Crippen molar-refractivity contribution in [3.05, 3.63) is 11.9 Å². The number of nitrogens with two attached hydrogens (primary N) is 1. The topological polar surface area (TPSA) is 87.7 Å². The predicted molar refractivity (Wildman–Crippen MR) is 72.7 cm³/mol. The second-order valence-electron chi connectivity index (χ2n) is 4.28. The number of nitrogens with one attached hydrogen (secondary N) is 2. The Morgan fingerprint density at radius 1 is 1.35 bits per heavy atom. The molecule has 1 heterocycles. The molecule has 0 saturated heterocycles. The second-order valence-corrected chi connectivity index (χ2v) is 5.07. The van der Waals surface area contributed by atoms with Crippen LogP contribution < -0.4 is 11.1 Å². The molecule has 17 heavy (non-hydrogen) atoms. The van der Waals surface area contributed by atoms with Gasteiger partial charge in [0, 0.05) is 6.04 Å². The average Bonchev–Trinajstić information content (AvgIpc) is 2.30. The quantitative estimate of drug-likeness (QED) is 0.748. The van der Waals surface area contributed by atoms with Gasteiger partial charge in [-0.25, -0.2) is 9.97 Å². The Morgan fingerprint density at radius 3 is 2.71 bits per heavy atom. The highest BCUT2D eigenvalue weighted by atomic mass is 79.9. The van der Waals surface area contributed by atoms with E-state index in [0.717, 1.165) is 12.8 Å². The van der Waals surface area contributed by atoms with E-state index in [0.29, 0.717) is 23.2 Å². The first-order chi connectivity index (χ1) is 8.18. The molecule has 1 aromatic rings. The zero-order chi connectivity index (χ0) is 12.3. The molecular formula is C11H16BrN5. The van der Waals surface area contributed by atoms with Gasteiger partial charge in [-0.3, -0.25) is 5.41 Å². The van der Waals surface area contributed by atoms with Crippen LogP contribution in [0.3, 0.4) is 0 Å². The fourth-order valence-corrected chi connectivity index (χ4v) is 2.56. The normalized spacial score (nSPS) is 16.8. The van der Waals surface area contributed by atoms with Gasteiger partial charge in [-0.15, -0.1) is 0 Å². The van der Waals surface area contributed by atoms with E-state index in [1.54, 1.807) is 0 Å². The fourth-order valence-electron chi connectivity index (χ4n) is 2.17. The summed E-state index contributed by atoms with van der Waals surface area (Å²) < 4.78 is 0.217. The Balaban J connectivity index is 2.19. The zero-order valence-corrected chi connectivity index (χ0v) is 11.1. The minimum absolute atomic E-state index is 0.217. The molecule has 0 amide bonds. The summed E-state index contributed by atoms with van der Waals surface area (Å²) in [6, 6.07) is 0.434. The average molecular weight is 298 g/mol. The smallest absolute Gasteiger partial charge is 0.141 e. The van der Waals surface area contributed by atoms with Gasteiger partial charge >= 0.3 is 0 Å². The number of anilines is 2. The first-order valence-electron chi connectivity index (χ1n) is 5.80. The summed E-state index contributed by atoms with van der Waals surface area (Å²) in [7, 11) is 0. The minimum atomic E-state index is 0.217. The summed E-state index contributed by atoms with van der Waals surface area (Å²) in [5.74, 6) is 0.992. The Bertz CT molecular complexity index is 414. The molecule has 0 bridgehead atoms. The van der Waals surface area contributed by atoms with Crippen LogP contribution in [-0.2, 0) is 0 Å². The summed E-state index contributed by atoms with van der Waals surface area (Å²) in [5.41, 5.74) is 6.32. The summed E-state index contributed by atoms with van der Waals surface area (Å²) in [6.45, 7) is 0. The molecule has 2 rings (SSSR count). The van der Waals surface area contributed by atoms with Gasteiger partial charge in [0.1, 0.15) is 22.6 Å². The number of rotatable bonds is 3. The first-order valence-corrected chi connectivity index (χ1v) is 6.59. The summed E-state index contributed by atoms with van der Waals surface area (Å²) in [5, 5.41) is 11.0. The van der Waals surface area contributed by atoms with E-state index in [2.05, 4.69) is 31.2 Å². The van der Waals surface area contributed by atoms with Gasteiger partial charge < -0.3 is 11.1 Å². The van der Waals surface area contributed by atoms with E-state index < -0.39 is 0 Å². The maximum atomic E-state index is 7.65. The largest absolute Gasteiger partial charge is 0.383 e. The van der Waals surface area contributed by atoms with E-state index >= 15 is 0 Å². The molecule has 0 aliphatic heterocycles. The van der Waals surface area contributed by atoms with Crippen LogP contribution in [-0.4, -0.2) is 20.6 Å². The SMILES string of the molecule is N=C(Br)c1c(N)ncnc1NC1CCCCC1. The van der Waals surface area contributed by atoms with Crippen molar-refractivity contribution in [2.24, 2.45) is 0 Å². The van der Waals surface area contributed by atoms with E-state index in [1.165, 1.54) is 25.6 Å². The Kier molecular flexibility index (Phi) is 3.93. The molecule has 0 spiro atoms. The van der Waals surface area contributed by atoms with Crippen molar-refractivity contribution in [2.75, 3.05) is 11.1 Å². The van der Waals surface area contributed by atoms with E-state index in [4.69, 9.17) is 11.1 Å². The highest BCUT2D eigenvalue weighted by Gasteiger charge is 2.18. The van der Waals surface area contributed by atoms with Crippen LogP contribution in [0.2, 0.25) is 0 Å². The highest BCUT2D eigenvalue weighted by molar-refractivity contribution is 9.18. The number of halogens is 1. The first kappa shape index (κ1) is 12.3. The number of nitrogens with zero attached hydrogens (tertiary/aromatic N) is 2. The van der Waals surface area contributed by atoms with Gasteiger partial charge in [-0.1, -0.05) is 19.3 Å². The monoisotopic (exact) mass is 297 g/mol. The van der Waals surface area contributed by atoms with Crippen molar-refractivity contribution < 1.29 is 0 Å². The molecule has 1 aliphatic carbocycles. The maximum absolute atomic E-state index is 7.65. The molecule has 4 N–H and O–H groups in total. The second kappa shape index (κ2) is 5.44. The predicted octanol–water partition coefficient (Wildman–Crippen LogP) is 2.52. The Morgan fingerprint density at radius 2 is 2.06 bits per heavy atom. The van der Waals surface area contributed by atoms with Crippen LogP contribution in [0.1, 0.15) is 37.7 Å².